The van der Waals surface area contributed by atoms with Crippen molar-refractivity contribution in [3.63, 3.8) is 0 Å². The molecule has 0 amide bonds. The summed E-state index contributed by atoms with van der Waals surface area (Å²) in [6.07, 6.45) is 17.5. The minimum Gasteiger partial charge on any atom is -0.508 e. The van der Waals surface area contributed by atoms with Crippen LogP contribution in [-0.2, 0) is 39.1 Å². The number of nitrogens with two attached hydrogens (primary N) is 1. The number of carbonyl (C=O) groups is 1. The van der Waals surface area contributed by atoms with Crippen LogP contribution in [0.1, 0.15) is 134 Å². The third-order valence-electron chi connectivity index (χ3n) is 18.8. The fourth-order valence-electron chi connectivity index (χ4n) is 15.2. The number of hydrogen-bond acceptors (Lipinski definition) is 15. The zero-order valence-electron chi connectivity index (χ0n) is 46.8. The van der Waals surface area contributed by atoms with E-state index in [-0.39, 0.29) is 53.8 Å². The monoisotopic (exact) mass is 1140 g/mol. The van der Waals surface area contributed by atoms with E-state index in [1.165, 1.54) is 25.3 Å². The van der Waals surface area contributed by atoms with E-state index >= 15 is 0 Å². The van der Waals surface area contributed by atoms with Crippen LogP contribution in [0.5, 0.6) is 28.7 Å². The van der Waals surface area contributed by atoms with Crippen LogP contribution in [0.25, 0.3) is 17.2 Å². The standard InChI is InChI=1S/C67H74N4O9S2/c1-38(73)77-35-52-48-16-17-49-58-45(29-47(74)30-55(58)78-37-72)32-67-24-22-41(31-67)26-44-15-21-57(68)71-53(44)19-14-43-12-6-10-40(34-76-2)23-25-69-33-51-59(43)60(63(52)79-64(48)61(49)67)50-18-20-54-66(80-65(50)62(51)75)56(28-39-8-4-3-5-9-39)82-81-36-42-11-7-13-46(27-42)70-54/h3-5,8-9,15-18,20-21,29-30,40-43,46,52,54,56-57,63,66,69-72,74-75H,7,10-11,13,22-28,31-37,68H2,1-2H3. The molecular weight excluding hydrogens is 1070 g/mol. The zero-order chi connectivity index (χ0) is 56.1. The number of aromatic hydroxyl groups is 2. The van der Waals surface area contributed by atoms with Gasteiger partial charge in [0, 0.05) is 90.3 Å². The molecule has 8 N–H and O–H groups in total. The third kappa shape index (κ3) is 10.7. The van der Waals surface area contributed by atoms with Crippen LogP contribution >= 0.6 is 21.6 Å². The van der Waals surface area contributed by atoms with E-state index in [0.717, 1.165) is 113 Å². The summed E-state index contributed by atoms with van der Waals surface area (Å²) in [7, 11) is 5.59. The summed E-state index contributed by atoms with van der Waals surface area (Å²) < 4.78 is 33.6. The number of benzene rings is 4. The minimum atomic E-state index is -0.809. The van der Waals surface area contributed by atoms with Gasteiger partial charge in [0.25, 0.3) is 0 Å². The number of fused-ring (bicyclic) bond motifs is 10. The van der Waals surface area contributed by atoms with Gasteiger partial charge in [0.2, 0.25) is 0 Å². The Bertz CT molecular complexity index is 3360. The van der Waals surface area contributed by atoms with Gasteiger partial charge in [-0.25, -0.2) is 0 Å². The fraction of sp³-hybridized carbons (Fsp3) is 0.478. The molecule has 1 saturated heterocycles. The summed E-state index contributed by atoms with van der Waals surface area (Å²) in [5.74, 6) is 16.7. The number of rotatable bonds is 8. The van der Waals surface area contributed by atoms with E-state index in [1.54, 1.807) is 13.2 Å². The summed E-state index contributed by atoms with van der Waals surface area (Å²) in [5.41, 5.74) is 16.7. The molecule has 82 heavy (non-hydrogen) atoms. The molecule has 0 aromatic heterocycles. The minimum absolute atomic E-state index is 0.00572. The summed E-state index contributed by atoms with van der Waals surface area (Å²) in [6.45, 7) is 2.34. The Kier molecular flexibility index (Phi) is 15.9. The molecule has 4 aromatic carbocycles. The highest BCUT2D eigenvalue weighted by molar-refractivity contribution is 8.77. The summed E-state index contributed by atoms with van der Waals surface area (Å²) >= 11 is 0. The lowest BCUT2D eigenvalue weighted by atomic mass is 9.65. The van der Waals surface area contributed by atoms with E-state index in [0.29, 0.717) is 54.5 Å². The molecule has 13 rings (SSSR count). The van der Waals surface area contributed by atoms with Crippen LogP contribution < -0.4 is 35.9 Å². The fourth-order valence-corrected chi connectivity index (χ4v) is 18.4. The maximum absolute atomic E-state index is 13.6. The quantitative estimate of drug-likeness (QED) is 0.0382. The predicted octanol–water partition coefficient (Wildman–Crippen LogP) is 10.1. The van der Waals surface area contributed by atoms with Gasteiger partial charge in [-0.3, -0.25) is 4.79 Å². The van der Waals surface area contributed by atoms with Gasteiger partial charge in [-0.05, 0) is 134 Å². The molecule has 0 radical (unpaired) electrons. The van der Waals surface area contributed by atoms with Crippen molar-refractivity contribution in [2.75, 3.05) is 39.4 Å². The normalized spacial score (nSPS) is 30.3. The number of methoxy groups -OCH3 is 1. The number of allylic oxidation sites excluding steroid dienone is 3. The number of carbonyl (C=O) groups excluding carboxylic acids is 1. The highest BCUT2D eigenvalue weighted by Gasteiger charge is 2.52. The second kappa shape index (κ2) is 23.6. The number of dihydropyridines is 1. The molecule has 6 bridgehead atoms. The van der Waals surface area contributed by atoms with Gasteiger partial charge in [0.1, 0.15) is 42.0 Å². The van der Waals surface area contributed by atoms with Crippen molar-refractivity contribution in [2.24, 2.45) is 23.5 Å². The number of phenolic OH excluding ortho intramolecular Hbond substituents is 2. The molecule has 428 valence electrons. The zero-order valence-corrected chi connectivity index (χ0v) is 48.4. The molecule has 9 aliphatic rings. The largest absolute Gasteiger partial charge is 0.508 e. The van der Waals surface area contributed by atoms with Crippen LogP contribution in [0.3, 0.4) is 0 Å². The highest BCUT2D eigenvalue weighted by atomic mass is 33.1. The second-order valence-corrected chi connectivity index (χ2v) is 26.8. The lowest BCUT2D eigenvalue weighted by molar-refractivity contribution is -0.141. The average Bonchev–Trinajstić information content (AvgIpc) is 2.55. The molecule has 4 aromatic rings. The van der Waals surface area contributed by atoms with E-state index in [9.17, 15) is 20.1 Å². The Morgan fingerprint density at radius 3 is 2.72 bits per heavy atom. The van der Waals surface area contributed by atoms with Crippen molar-refractivity contribution in [3.05, 3.63) is 129 Å². The highest BCUT2D eigenvalue weighted by Crippen LogP contribution is 2.64. The number of esters is 1. The van der Waals surface area contributed by atoms with Crippen molar-refractivity contribution in [1.82, 2.24) is 16.0 Å². The molecule has 13 nitrogen and oxygen atoms in total. The van der Waals surface area contributed by atoms with Gasteiger partial charge < -0.3 is 60.7 Å². The number of ether oxygens (including phenoxy) is 5. The maximum atomic E-state index is 13.6. The number of hydrogen-bond donors (Lipinski definition) is 7. The van der Waals surface area contributed by atoms with Crippen LogP contribution in [0.2, 0.25) is 0 Å². The first-order valence-electron chi connectivity index (χ1n) is 29.6. The lowest BCUT2D eigenvalue weighted by Crippen LogP contribution is -2.52. The van der Waals surface area contributed by atoms with Crippen LogP contribution in [0, 0.1) is 41.4 Å². The molecular formula is C67H74N4O9S2. The van der Waals surface area contributed by atoms with Gasteiger partial charge in [-0.2, -0.15) is 0 Å². The summed E-state index contributed by atoms with van der Waals surface area (Å²) in [6, 6.07) is 18.4. The van der Waals surface area contributed by atoms with E-state index < -0.39 is 48.4 Å². The Morgan fingerprint density at radius 2 is 1.87 bits per heavy atom. The molecule has 12 unspecified atom stereocenters. The number of nitrogens with one attached hydrogen (secondary N) is 3. The average molecular weight is 1140 g/mol. The van der Waals surface area contributed by atoms with Crippen molar-refractivity contribution in [3.8, 4) is 63.6 Å². The van der Waals surface area contributed by atoms with Crippen LogP contribution in [-0.4, -0.2) is 90.3 Å². The molecule has 6 aliphatic heterocycles. The van der Waals surface area contributed by atoms with Gasteiger partial charge in [-0.15, -0.1) is 5.92 Å². The number of aliphatic hydroxyl groups excluding tert-OH is 1. The number of aliphatic hydroxyl groups is 1. The Morgan fingerprint density at radius 1 is 0.976 bits per heavy atom. The van der Waals surface area contributed by atoms with E-state index in [1.807, 2.05) is 33.7 Å². The first kappa shape index (κ1) is 55.2. The summed E-state index contributed by atoms with van der Waals surface area (Å²) in [5, 5.41) is 46.6. The second-order valence-electron chi connectivity index (χ2n) is 24.2. The Labute approximate surface area is 489 Å². The van der Waals surface area contributed by atoms with E-state index in [4.69, 9.17) is 29.4 Å². The SMILES string of the molecule is COCC1CC#CC2C#CC3=C(C=CC(N)N3)CC3CCC4(Cc5cc(O)cc(OCO)c5-c5ccc6c(c54)OC(c4c5c(c(O)c(c42)CNCC1)OC1C(C=C5)NC2CCCC(CSSC1Cc1ccccc1)C2)C6COC(C)=O)C3. The molecule has 2 saturated carbocycles. The topological polar surface area (TPSA) is 186 Å². The Hall–Kier alpha value is -6.01. The van der Waals surface area contributed by atoms with Crippen molar-refractivity contribution < 1.29 is 43.8 Å². The molecule has 15 heteroatoms. The van der Waals surface area contributed by atoms with Crippen molar-refractivity contribution >= 4 is 33.6 Å². The summed E-state index contributed by atoms with van der Waals surface area (Å²) in [4.78, 5) is 13.2. The van der Waals surface area contributed by atoms with Gasteiger partial charge in [0.05, 0.1) is 29.1 Å². The van der Waals surface area contributed by atoms with Crippen LogP contribution in [0.15, 0.2) is 84.1 Å². The first-order chi connectivity index (χ1) is 40.0. The third-order valence-corrected chi connectivity index (χ3v) is 21.8. The Balaban J connectivity index is 1.09. The maximum Gasteiger partial charge on any atom is 0.302 e. The molecule has 1 spiro atoms. The molecule has 3 fully saturated rings. The van der Waals surface area contributed by atoms with Crippen molar-refractivity contribution in [1.29, 1.82) is 0 Å². The molecule has 3 aliphatic carbocycles. The van der Waals surface area contributed by atoms with E-state index in [2.05, 4.69) is 100 Å². The van der Waals surface area contributed by atoms with Crippen molar-refractivity contribution in [2.45, 2.75) is 143 Å². The predicted molar refractivity (Wildman–Crippen MR) is 321 cm³/mol. The van der Waals surface area contributed by atoms with Gasteiger partial charge in [-0.1, -0.05) is 101 Å². The lowest BCUT2D eigenvalue weighted by Gasteiger charge is -2.39. The first-order valence-corrected chi connectivity index (χ1v) is 32.0. The molecule has 6 heterocycles. The van der Waals surface area contributed by atoms with Gasteiger partial charge in [0.15, 0.2) is 18.3 Å². The molecule has 12 atom stereocenters. The number of phenols is 2. The van der Waals surface area contributed by atoms with Gasteiger partial charge >= 0.3 is 5.97 Å². The van der Waals surface area contributed by atoms with Crippen LogP contribution in [0.4, 0.5) is 0 Å². The smallest absolute Gasteiger partial charge is 0.302 e.